The lowest BCUT2D eigenvalue weighted by Crippen LogP contribution is -2.23. The molecule has 102 valence electrons. The Hall–Kier alpha value is -2.90. The van der Waals surface area contributed by atoms with E-state index >= 15 is 0 Å². The Labute approximate surface area is 112 Å². The SMILES string of the molecule is Cc1noc(CNC(=O)c2cc(-c3ccco3)on2)n1. The number of hydrogen-bond acceptors (Lipinski definition) is 7. The van der Waals surface area contributed by atoms with Gasteiger partial charge in [-0.15, -0.1) is 0 Å². The molecule has 0 radical (unpaired) electrons. The van der Waals surface area contributed by atoms with Crippen LogP contribution < -0.4 is 5.32 Å². The zero-order valence-electron chi connectivity index (χ0n) is 10.5. The van der Waals surface area contributed by atoms with Crippen molar-refractivity contribution in [1.82, 2.24) is 20.6 Å². The molecule has 3 aromatic rings. The highest BCUT2D eigenvalue weighted by molar-refractivity contribution is 5.92. The second kappa shape index (κ2) is 5.00. The molecule has 0 atom stereocenters. The van der Waals surface area contributed by atoms with Crippen LogP contribution in [-0.4, -0.2) is 21.2 Å². The average Bonchev–Trinajstić information content (AvgIpc) is 3.16. The molecular formula is C12H10N4O4. The largest absolute Gasteiger partial charge is 0.461 e. The Morgan fingerprint density at radius 1 is 1.30 bits per heavy atom. The molecular weight excluding hydrogens is 264 g/mol. The van der Waals surface area contributed by atoms with Crippen molar-refractivity contribution in [3.63, 3.8) is 0 Å². The first-order chi connectivity index (χ1) is 9.72. The van der Waals surface area contributed by atoms with Gasteiger partial charge in [0.25, 0.3) is 5.91 Å². The number of furan rings is 1. The molecule has 0 aliphatic carbocycles. The predicted octanol–water partition coefficient (Wildman–Crippen LogP) is 1.56. The van der Waals surface area contributed by atoms with E-state index in [1.54, 1.807) is 19.1 Å². The number of nitrogens with zero attached hydrogens (tertiary/aromatic N) is 3. The van der Waals surface area contributed by atoms with Gasteiger partial charge >= 0.3 is 0 Å². The highest BCUT2D eigenvalue weighted by Gasteiger charge is 2.15. The monoisotopic (exact) mass is 274 g/mol. The number of amides is 1. The third-order valence-electron chi connectivity index (χ3n) is 2.48. The Morgan fingerprint density at radius 2 is 2.20 bits per heavy atom. The zero-order chi connectivity index (χ0) is 13.9. The van der Waals surface area contributed by atoms with Crippen LogP contribution >= 0.6 is 0 Å². The van der Waals surface area contributed by atoms with Gasteiger partial charge in [-0.2, -0.15) is 4.98 Å². The number of carbonyl (C=O) groups is 1. The molecule has 0 fully saturated rings. The minimum Gasteiger partial charge on any atom is -0.461 e. The third-order valence-corrected chi connectivity index (χ3v) is 2.48. The summed E-state index contributed by atoms with van der Waals surface area (Å²) in [6, 6.07) is 4.92. The maximum absolute atomic E-state index is 11.9. The summed E-state index contributed by atoms with van der Waals surface area (Å²) in [5.74, 6) is 1.32. The fourth-order valence-corrected chi connectivity index (χ4v) is 1.58. The molecule has 3 heterocycles. The van der Waals surface area contributed by atoms with E-state index < -0.39 is 5.91 Å². The van der Waals surface area contributed by atoms with Crippen LogP contribution in [0.2, 0.25) is 0 Å². The van der Waals surface area contributed by atoms with Crippen LogP contribution in [0.3, 0.4) is 0 Å². The molecule has 3 rings (SSSR count). The molecule has 20 heavy (non-hydrogen) atoms. The third kappa shape index (κ3) is 2.44. The van der Waals surface area contributed by atoms with Crippen molar-refractivity contribution >= 4 is 5.91 Å². The average molecular weight is 274 g/mol. The Balaban J connectivity index is 1.65. The van der Waals surface area contributed by atoms with Crippen LogP contribution in [0, 0.1) is 6.92 Å². The number of nitrogens with one attached hydrogen (secondary N) is 1. The van der Waals surface area contributed by atoms with Gasteiger partial charge in [-0.1, -0.05) is 10.3 Å². The Bertz CT molecular complexity index is 713. The van der Waals surface area contributed by atoms with E-state index in [1.165, 1.54) is 12.3 Å². The van der Waals surface area contributed by atoms with Gasteiger partial charge in [-0.05, 0) is 19.1 Å². The molecule has 8 nitrogen and oxygen atoms in total. The summed E-state index contributed by atoms with van der Waals surface area (Å²) in [4.78, 5) is 15.8. The topological polar surface area (TPSA) is 107 Å². The minimum atomic E-state index is -0.401. The van der Waals surface area contributed by atoms with E-state index in [1.807, 2.05) is 0 Å². The second-order valence-corrected chi connectivity index (χ2v) is 3.97. The second-order valence-electron chi connectivity index (χ2n) is 3.97. The lowest BCUT2D eigenvalue weighted by molar-refractivity contribution is 0.0937. The molecule has 1 amide bonds. The first-order valence-electron chi connectivity index (χ1n) is 5.80. The van der Waals surface area contributed by atoms with Crippen molar-refractivity contribution in [2.45, 2.75) is 13.5 Å². The summed E-state index contributed by atoms with van der Waals surface area (Å²) >= 11 is 0. The zero-order valence-corrected chi connectivity index (χ0v) is 10.5. The van der Waals surface area contributed by atoms with Gasteiger partial charge in [0.15, 0.2) is 17.3 Å². The van der Waals surface area contributed by atoms with Gasteiger partial charge in [-0.25, -0.2) is 0 Å². The molecule has 0 spiro atoms. The highest BCUT2D eigenvalue weighted by Crippen LogP contribution is 2.20. The first-order valence-corrected chi connectivity index (χ1v) is 5.80. The lowest BCUT2D eigenvalue weighted by atomic mass is 10.3. The summed E-state index contributed by atoms with van der Waals surface area (Å²) in [7, 11) is 0. The summed E-state index contributed by atoms with van der Waals surface area (Å²) in [5.41, 5.74) is 0.146. The van der Waals surface area contributed by atoms with E-state index in [0.717, 1.165) is 0 Å². The lowest BCUT2D eigenvalue weighted by Gasteiger charge is -1.96. The van der Waals surface area contributed by atoms with Gasteiger partial charge in [-0.3, -0.25) is 4.79 Å². The fourth-order valence-electron chi connectivity index (χ4n) is 1.58. The van der Waals surface area contributed by atoms with Crippen LogP contribution in [0.4, 0.5) is 0 Å². The Kier molecular flexibility index (Phi) is 3.04. The molecule has 0 unspecified atom stereocenters. The van der Waals surface area contributed by atoms with E-state index in [9.17, 15) is 4.79 Å². The van der Waals surface area contributed by atoms with Crippen molar-refractivity contribution in [1.29, 1.82) is 0 Å². The molecule has 0 aliphatic rings. The molecule has 0 saturated heterocycles. The number of aromatic nitrogens is 3. The van der Waals surface area contributed by atoms with Crippen LogP contribution in [0.15, 0.2) is 37.9 Å². The quantitative estimate of drug-likeness (QED) is 0.769. The molecule has 0 saturated carbocycles. The summed E-state index contributed by atoms with van der Waals surface area (Å²) in [6.07, 6.45) is 1.51. The maximum atomic E-state index is 11.9. The molecule has 0 aliphatic heterocycles. The van der Waals surface area contributed by atoms with E-state index in [-0.39, 0.29) is 12.2 Å². The van der Waals surface area contributed by atoms with Crippen molar-refractivity contribution in [2.24, 2.45) is 0 Å². The number of carbonyl (C=O) groups excluding carboxylic acids is 1. The van der Waals surface area contributed by atoms with Gasteiger partial charge in [0, 0.05) is 6.07 Å². The Morgan fingerprint density at radius 3 is 2.90 bits per heavy atom. The molecule has 0 aromatic carbocycles. The van der Waals surface area contributed by atoms with Crippen LogP contribution in [0.1, 0.15) is 22.2 Å². The number of aryl methyl sites for hydroxylation is 1. The van der Waals surface area contributed by atoms with Crippen molar-refractivity contribution < 1.29 is 18.3 Å². The van der Waals surface area contributed by atoms with Crippen molar-refractivity contribution in [3.05, 3.63) is 41.9 Å². The van der Waals surface area contributed by atoms with Gasteiger partial charge in [0.1, 0.15) is 0 Å². The van der Waals surface area contributed by atoms with Crippen LogP contribution in [-0.2, 0) is 6.54 Å². The first kappa shape index (κ1) is 12.2. The normalized spacial score (nSPS) is 10.7. The fraction of sp³-hybridized carbons (Fsp3) is 0.167. The van der Waals surface area contributed by atoms with E-state index in [2.05, 4.69) is 20.6 Å². The smallest absolute Gasteiger partial charge is 0.273 e. The molecule has 0 bridgehead atoms. The van der Waals surface area contributed by atoms with E-state index in [4.69, 9.17) is 13.5 Å². The highest BCUT2D eigenvalue weighted by atomic mass is 16.5. The number of rotatable bonds is 4. The number of hydrogen-bond donors (Lipinski definition) is 1. The van der Waals surface area contributed by atoms with Crippen LogP contribution in [0.25, 0.3) is 11.5 Å². The summed E-state index contributed by atoms with van der Waals surface area (Å²) < 4.78 is 15.1. The molecule has 1 N–H and O–H groups in total. The van der Waals surface area contributed by atoms with Crippen molar-refractivity contribution in [3.8, 4) is 11.5 Å². The summed E-state index contributed by atoms with van der Waals surface area (Å²) in [6.45, 7) is 1.82. The maximum Gasteiger partial charge on any atom is 0.273 e. The molecule has 8 heteroatoms. The summed E-state index contributed by atoms with van der Waals surface area (Å²) in [5, 5.41) is 9.90. The van der Waals surface area contributed by atoms with Crippen LogP contribution in [0.5, 0.6) is 0 Å². The van der Waals surface area contributed by atoms with Gasteiger partial charge in [0.05, 0.1) is 12.8 Å². The minimum absolute atomic E-state index is 0.128. The van der Waals surface area contributed by atoms with Gasteiger partial charge in [0.2, 0.25) is 11.7 Å². The predicted molar refractivity (Wildman–Crippen MR) is 64.4 cm³/mol. The standard InChI is InChI=1S/C12H10N4O4/c1-7-14-11(20-15-7)6-13-12(17)8-5-10(19-16-8)9-3-2-4-18-9/h2-5H,6H2,1H3,(H,13,17). The van der Waals surface area contributed by atoms with Crippen molar-refractivity contribution in [2.75, 3.05) is 0 Å². The molecule has 3 aromatic heterocycles. The van der Waals surface area contributed by atoms with E-state index in [0.29, 0.717) is 23.2 Å². The van der Waals surface area contributed by atoms with Gasteiger partial charge < -0.3 is 18.8 Å².